The van der Waals surface area contributed by atoms with Gasteiger partial charge < -0.3 is 0 Å². The lowest BCUT2D eigenvalue weighted by Gasteiger charge is -2.15. The Morgan fingerprint density at radius 1 is 0.962 bits per heavy atom. The van der Waals surface area contributed by atoms with Gasteiger partial charge in [-0.05, 0) is 54.2 Å². The van der Waals surface area contributed by atoms with Crippen molar-refractivity contribution in [3.05, 3.63) is 89.7 Å². The van der Waals surface area contributed by atoms with E-state index in [2.05, 4.69) is 59.6 Å². The third-order valence-electron chi connectivity index (χ3n) is 5.36. The van der Waals surface area contributed by atoms with Crippen LogP contribution in [0.1, 0.15) is 36.1 Å². The van der Waals surface area contributed by atoms with Crippen LogP contribution in [-0.2, 0) is 16.6 Å². The number of hydrogen-bond donors (Lipinski definition) is 0. The number of pyridine rings is 1. The van der Waals surface area contributed by atoms with E-state index in [1.165, 1.54) is 5.56 Å². The Labute approximate surface area is 154 Å². The van der Waals surface area contributed by atoms with Gasteiger partial charge in [-0.25, -0.2) is 0 Å². The molecule has 0 aliphatic heterocycles. The van der Waals surface area contributed by atoms with Gasteiger partial charge in [-0.1, -0.05) is 54.6 Å². The van der Waals surface area contributed by atoms with E-state index in [1.54, 1.807) is 0 Å². The minimum absolute atomic E-state index is 0.104. The summed E-state index contributed by atoms with van der Waals surface area (Å²) in [4.78, 5) is 16.9. The largest absolute Gasteiger partial charge is 0.299 e. The topological polar surface area (TPSA) is 30.0 Å². The van der Waals surface area contributed by atoms with E-state index in [0.717, 1.165) is 35.2 Å². The molecule has 1 saturated carbocycles. The van der Waals surface area contributed by atoms with Crippen molar-refractivity contribution in [2.75, 3.05) is 0 Å². The number of aromatic nitrogens is 1. The van der Waals surface area contributed by atoms with Crippen molar-refractivity contribution in [3.63, 3.8) is 0 Å². The highest BCUT2D eigenvalue weighted by atomic mass is 16.1. The molecule has 0 saturated heterocycles. The Bertz CT molecular complexity index is 908. The molecule has 0 N–H and O–H groups in total. The maximum Gasteiger partial charge on any atom is 0.138 e. The first-order valence-electron chi connectivity index (χ1n) is 9.24. The Hall–Kier alpha value is -2.74. The second-order valence-electron chi connectivity index (χ2n) is 7.42. The van der Waals surface area contributed by atoms with Crippen molar-refractivity contribution >= 4 is 5.78 Å². The summed E-state index contributed by atoms with van der Waals surface area (Å²) in [5.74, 6) is 0.332. The molecule has 1 aliphatic carbocycles. The molecule has 0 bridgehead atoms. The van der Waals surface area contributed by atoms with Crippen molar-refractivity contribution < 1.29 is 4.79 Å². The van der Waals surface area contributed by atoms with Crippen LogP contribution in [0.15, 0.2) is 72.9 Å². The molecule has 0 amide bonds. The second-order valence-corrected chi connectivity index (χ2v) is 7.42. The van der Waals surface area contributed by atoms with Gasteiger partial charge in [0.05, 0.1) is 0 Å². The summed E-state index contributed by atoms with van der Waals surface area (Å²) < 4.78 is 0. The van der Waals surface area contributed by atoms with E-state index in [9.17, 15) is 4.79 Å². The van der Waals surface area contributed by atoms with Crippen LogP contribution < -0.4 is 0 Å². The van der Waals surface area contributed by atoms with Gasteiger partial charge >= 0.3 is 0 Å². The van der Waals surface area contributed by atoms with Gasteiger partial charge in [-0.3, -0.25) is 9.78 Å². The molecule has 2 nitrogen and oxygen atoms in total. The predicted octanol–water partition coefficient (Wildman–Crippen LogP) is 5.29. The number of nitrogens with zero attached hydrogens (tertiary/aromatic N) is 1. The zero-order valence-corrected chi connectivity index (χ0v) is 15.1. The standard InChI is InChI=1S/C24H23NO/c1-18-15-21(11-14-25-18)20-9-7-19(8-10-20)16-23(26)17-24(12-13-24)22-5-3-2-4-6-22/h2-11,14-15H,12-13,16-17H2,1H3. The molecule has 0 radical (unpaired) electrons. The zero-order chi connectivity index (χ0) is 18.0. The molecule has 3 aromatic rings. The molecule has 1 fully saturated rings. The Morgan fingerprint density at radius 3 is 2.35 bits per heavy atom. The Morgan fingerprint density at radius 2 is 1.69 bits per heavy atom. The smallest absolute Gasteiger partial charge is 0.138 e. The third-order valence-corrected chi connectivity index (χ3v) is 5.36. The number of carbonyl (C=O) groups excluding carboxylic acids is 1. The van der Waals surface area contributed by atoms with Gasteiger partial charge in [-0.2, -0.15) is 0 Å². The lowest BCUT2D eigenvalue weighted by Crippen LogP contribution is -2.15. The van der Waals surface area contributed by atoms with Crippen molar-refractivity contribution in [2.45, 2.75) is 38.0 Å². The van der Waals surface area contributed by atoms with Crippen LogP contribution in [0.25, 0.3) is 11.1 Å². The van der Waals surface area contributed by atoms with E-state index < -0.39 is 0 Å². The maximum absolute atomic E-state index is 12.6. The Balaban J connectivity index is 1.42. The average molecular weight is 341 g/mol. The van der Waals surface area contributed by atoms with Crippen LogP contribution in [0.4, 0.5) is 0 Å². The highest BCUT2D eigenvalue weighted by Crippen LogP contribution is 2.51. The number of benzene rings is 2. The molecule has 4 rings (SSSR count). The van der Waals surface area contributed by atoms with E-state index in [0.29, 0.717) is 18.6 Å². The monoisotopic (exact) mass is 341 g/mol. The first kappa shape index (κ1) is 16.7. The second kappa shape index (κ2) is 6.87. The SMILES string of the molecule is Cc1cc(-c2ccc(CC(=O)CC3(c4ccccc4)CC3)cc2)ccn1. The first-order chi connectivity index (χ1) is 12.6. The summed E-state index contributed by atoms with van der Waals surface area (Å²) in [5, 5.41) is 0. The molecular formula is C24H23NO. The van der Waals surface area contributed by atoms with Crippen molar-refractivity contribution in [1.82, 2.24) is 4.98 Å². The van der Waals surface area contributed by atoms with Crippen LogP contribution in [0.5, 0.6) is 0 Å². The predicted molar refractivity (Wildman–Crippen MR) is 105 cm³/mol. The van der Waals surface area contributed by atoms with Crippen molar-refractivity contribution in [1.29, 1.82) is 0 Å². The van der Waals surface area contributed by atoms with Crippen LogP contribution >= 0.6 is 0 Å². The fourth-order valence-corrected chi connectivity index (χ4v) is 3.72. The molecule has 26 heavy (non-hydrogen) atoms. The molecular weight excluding hydrogens is 318 g/mol. The summed E-state index contributed by atoms with van der Waals surface area (Å²) in [7, 11) is 0. The van der Waals surface area contributed by atoms with Crippen LogP contribution in [0.3, 0.4) is 0 Å². The van der Waals surface area contributed by atoms with Crippen LogP contribution in [0.2, 0.25) is 0 Å². The van der Waals surface area contributed by atoms with Crippen LogP contribution in [-0.4, -0.2) is 10.8 Å². The number of aryl methyl sites for hydroxylation is 1. The molecule has 130 valence electrons. The number of hydrogen-bond acceptors (Lipinski definition) is 2. The maximum atomic E-state index is 12.6. The van der Waals surface area contributed by atoms with E-state index in [-0.39, 0.29) is 5.41 Å². The fraction of sp³-hybridized carbons (Fsp3) is 0.250. The third kappa shape index (κ3) is 3.60. The minimum Gasteiger partial charge on any atom is -0.299 e. The minimum atomic E-state index is 0.104. The van der Waals surface area contributed by atoms with Gasteiger partial charge in [0.15, 0.2) is 0 Å². The van der Waals surface area contributed by atoms with Gasteiger partial charge in [-0.15, -0.1) is 0 Å². The normalized spacial score (nSPS) is 14.8. The number of ketones is 1. The number of Topliss-reactive ketones (excluding diaryl/α,β-unsaturated/α-hetero) is 1. The highest BCUT2D eigenvalue weighted by molar-refractivity contribution is 5.83. The van der Waals surface area contributed by atoms with Gasteiger partial charge in [0, 0.05) is 30.1 Å². The van der Waals surface area contributed by atoms with Crippen LogP contribution in [0, 0.1) is 6.92 Å². The molecule has 1 aromatic heterocycles. The van der Waals surface area contributed by atoms with E-state index in [1.807, 2.05) is 25.3 Å². The van der Waals surface area contributed by atoms with Gasteiger partial charge in [0.25, 0.3) is 0 Å². The highest BCUT2D eigenvalue weighted by Gasteiger charge is 2.45. The van der Waals surface area contributed by atoms with E-state index in [4.69, 9.17) is 0 Å². The lowest BCUT2D eigenvalue weighted by molar-refractivity contribution is -0.119. The molecule has 2 heteroatoms. The van der Waals surface area contributed by atoms with Gasteiger partial charge in [0.1, 0.15) is 5.78 Å². The number of rotatable bonds is 6. The van der Waals surface area contributed by atoms with E-state index >= 15 is 0 Å². The molecule has 1 aliphatic rings. The summed E-state index contributed by atoms with van der Waals surface area (Å²) in [6, 6.07) is 22.9. The number of carbonyl (C=O) groups is 1. The molecule has 1 heterocycles. The Kier molecular flexibility index (Phi) is 4.42. The molecule has 2 aromatic carbocycles. The fourth-order valence-electron chi connectivity index (χ4n) is 3.72. The van der Waals surface area contributed by atoms with Gasteiger partial charge in [0.2, 0.25) is 0 Å². The van der Waals surface area contributed by atoms with Crippen molar-refractivity contribution in [3.8, 4) is 11.1 Å². The zero-order valence-electron chi connectivity index (χ0n) is 15.1. The quantitative estimate of drug-likeness (QED) is 0.610. The molecule has 0 atom stereocenters. The van der Waals surface area contributed by atoms with Crippen molar-refractivity contribution in [2.24, 2.45) is 0 Å². The summed E-state index contributed by atoms with van der Waals surface area (Å²) in [5.41, 5.74) is 5.85. The molecule has 0 spiro atoms. The summed E-state index contributed by atoms with van der Waals surface area (Å²) in [6.07, 6.45) is 5.26. The lowest BCUT2D eigenvalue weighted by atomic mass is 9.89. The average Bonchev–Trinajstić information content (AvgIpc) is 3.43. The summed E-state index contributed by atoms with van der Waals surface area (Å²) in [6.45, 7) is 2.00. The first-order valence-corrected chi connectivity index (χ1v) is 9.24. The summed E-state index contributed by atoms with van der Waals surface area (Å²) >= 11 is 0. The molecule has 0 unspecified atom stereocenters.